The third kappa shape index (κ3) is 53.2. The Bertz CT molecular complexity index is 1960. The summed E-state index contributed by atoms with van der Waals surface area (Å²) in [4.78, 5) is 87.3. The Morgan fingerprint density at radius 2 is 0.868 bits per heavy atom. The number of likely N-dealkylation sites (N-methyl/N-ethyl adjacent to an activating group) is 1. The van der Waals surface area contributed by atoms with Gasteiger partial charge < -0.3 is 64.3 Å². The average molecular weight is 1290 g/mol. The molecular formula is C72H136N10O9. The highest BCUT2D eigenvalue weighted by Crippen LogP contribution is 2.17. The number of hydrogen-bond acceptors (Lipinski definition) is 12. The zero-order valence-electron chi connectivity index (χ0n) is 58.5. The molecule has 91 heavy (non-hydrogen) atoms. The fraction of sp³-hybridized carbons (Fsp3) is 0.819. The molecule has 0 aliphatic carbocycles. The highest BCUT2D eigenvalue weighted by molar-refractivity contribution is 5.92. The molecule has 1 rings (SSSR count). The molecule has 0 spiro atoms. The van der Waals surface area contributed by atoms with Crippen molar-refractivity contribution in [3.63, 3.8) is 0 Å². The Morgan fingerprint density at radius 1 is 0.462 bits per heavy atom. The molecule has 19 heteroatoms. The third-order valence-corrected chi connectivity index (χ3v) is 16.7. The maximum Gasteiger partial charge on any atom is 0.243 e. The summed E-state index contributed by atoms with van der Waals surface area (Å²) < 4.78 is 5.61. The fourth-order valence-corrected chi connectivity index (χ4v) is 10.7. The molecule has 0 bridgehead atoms. The van der Waals surface area contributed by atoms with Crippen LogP contribution in [0, 0.1) is 5.92 Å². The molecule has 528 valence electrons. The van der Waals surface area contributed by atoms with Gasteiger partial charge in [-0.2, -0.15) is 0 Å². The Morgan fingerprint density at radius 3 is 1.32 bits per heavy atom. The summed E-state index contributed by atoms with van der Waals surface area (Å²) in [7, 11) is 1.62. The third-order valence-electron chi connectivity index (χ3n) is 16.7. The van der Waals surface area contributed by atoms with Crippen molar-refractivity contribution in [2.45, 2.75) is 328 Å². The van der Waals surface area contributed by atoms with E-state index in [1.54, 1.807) is 19.2 Å². The van der Waals surface area contributed by atoms with E-state index in [4.69, 9.17) is 21.9 Å². The summed E-state index contributed by atoms with van der Waals surface area (Å²) in [5.74, 6) is -1.16. The van der Waals surface area contributed by atoms with Gasteiger partial charge in [-0.3, -0.25) is 33.6 Å². The molecular weight excluding hydrogens is 1150 g/mol. The van der Waals surface area contributed by atoms with Crippen molar-refractivity contribution in [2.24, 2.45) is 23.1 Å². The van der Waals surface area contributed by atoms with Crippen LogP contribution in [0.3, 0.4) is 0 Å². The highest BCUT2D eigenvalue weighted by atomic mass is 16.5. The van der Waals surface area contributed by atoms with Gasteiger partial charge in [0.15, 0.2) is 0 Å². The molecule has 1 aromatic rings. The zero-order valence-corrected chi connectivity index (χ0v) is 58.5. The molecule has 0 aromatic heterocycles. The Balaban J connectivity index is 0.00000178. The fourth-order valence-electron chi connectivity index (χ4n) is 10.7. The maximum absolute atomic E-state index is 13.1. The molecule has 1 aromatic carbocycles. The number of carbonyl (C=O) groups excluding carboxylic acids is 7. The van der Waals surface area contributed by atoms with E-state index in [0.29, 0.717) is 103 Å². The number of unbranched alkanes of at least 4 members (excludes halogenated alkanes) is 28. The maximum atomic E-state index is 13.1. The van der Waals surface area contributed by atoms with Crippen LogP contribution in [0.25, 0.3) is 0 Å². The van der Waals surface area contributed by atoms with Crippen LogP contribution in [0.1, 0.15) is 297 Å². The topological polar surface area (TPSA) is 311 Å². The number of aliphatic hydroxyl groups is 1. The van der Waals surface area contributed by atoms with Gasteiger partial charge in [-0.15, -0.1) is 0 Å². The van der Waals surface area contributed by atoms with E-state index in [1.807, 2.05) is 32.9 Å². The lowest BCUT2D eigenvalue weighted by Gasteiger charge is -2.23. The first-order valence-electron chi connectivity index (χ1n) is 36.5. The highest BCUT2D eigenvalue weighted by Gasteiger charge is 2.27. The van der Waals surface area contributed by atoms with Gasteiger partial charge in [-0.05, 0) is 114 Å². The van der Waals surface area contributed by atoms with Crippen molar-refractivity contribution in [1.82, 2.24) is 37.2 Å². The predicted octanol–water partition coefficient (Wildman–Crippen LogP) is 11.1. The molecule has 1 unspecified atom stereocenters. The van der Waals surface area contributed by atoms with Crippen LogP contribution in [-0.4, -0.2) is 123 Å². The SMILES string of the molecule is CC(C)NCC(O)COc1ccc(CC(=O)NCCCC[C@H](NC(=O)[C@H](CCCCN)NC(=O)[C@@H](C)CCCCN)C(N)=O)cc1.CCCCCCCCCCCCCCCC(=O)NCCCC[C@H](NC(=O)CCCCCCCCCCCCCCC)C(=O)NC. The van der Waals surface area contributed by atoms with Crippen LogP contribution in [0.5, 0.6) is 5.75 Å². The van der Waals surface area contributed by atoms with E-state index in [1.165, 1.54) is 141 Å². The number of amides is 7. The molecule has 19 nitrogen and oxygen atoms in total. The first-order chi connectivity index (χ1) is 44.0. The number of primary amides is 1. The van der Waals surface area contributed by atoms with Gasteiger partial charge in [0.05, 0.1) is 6.42 Å². The van der Waals surface area contributed by atoms with Gasteiger partial charge in [-0.1, -0.05) is 207 Å². The molecule has 0 aliphatic heterocycles. The normalized spacial score (nSPS) is 12.8. The van der Waals surface area contributed by atoms with Crippen LogP contribution in [-0.2, 0) is 40.0 Å². The molecule has 0 heterocycles. The smallest absolute Gasteiger partial charge is 0.243 e. The minimum absolute atomic E-state index is 0.0298. The number of rotatable bonds is 61. The number of carbonyl (C=O) groups is 7. The molecule has 0 saturated carbocycles. The number of nitrogens with two attached hydrogens (primary N) is 3. The first kappa shape index (κ1) is 86.2. The van der Waals surface area contributed by atoms with Crippen molar-refractivity contribution in [1.29, 1.82) is 0 Å². The lowest BCUT2D eigenvalue weighted by molar-refractivity contribution is -0.132. The van der Waals surface area contributed by atoms with Gasteiger partial charge in [0.25, 0.3) is 0 Å². The van der Waals surface area contributed by atoms with Crippen molar-refractivity contribution in [3.8, 4) is 5.75 Å². The van der Waals surface area contributed by atoms with Crippen molar-refractivity contribution >= 4 is 41.4 Å². The Labute approximate surface area is 552 Å². The van der Waals surface area contributed by atoms with E-state index in [2.05, 4.69) is 51.1 Å². The van der Waals surface area contributed by atoms with Gasteiger partial charge >= 0.3 is 0 Å². The molecule has 0 fully saturated rings. The largest absolute Gasteiger partial charge is 0.491 e. The quantitative estimate of drug-likeness (QED) is 0.0271. The van der Waals surface area contributed by atoms with E-state index in [9.17, 15) is 38.7 Å². The summed E-state index contributed by atoms with van der Waals surface area (Å²) in [5, 5.41) is 30.2. The van der Waals surface area contributed by atoms with Crippen LogP contribution in [0.4, 0.5) is 0 Å². The minimum Gasteiger partial charge on any atom is -0.491 e. The molecule has 5 atom stereocenters. The summed E-state index contributed by atoms with van der Waals surface area (Å²) in [6.07, 6.45) is 42.1. The summed E-state index contributed by atoms with van der Waals surface area (Å²) >= 11 is 0. The van der Waals surface area contributed by atoms with Crippen molar-refractivity contribution < 1.29 is 43.4 Å². The van der Waals surface area contributed by atoms with E-state index >= 15 is 0 Å². The lowest BCUT2D eigenvalue weighted by Crippen LogP contribution is -2.53. The van der Waals surface area contributed by atoms with Gasteiger partial charge in [0.2, 0.25) is 41.4 Å². The van der Waals surface area contributed by atoms with Crippen LogP contribution in [0.15, 0.2) is 24.3 Å². The second-order valence-corrected chi connectivity index (χ2v) is 25.8. The van der Waals surface area contributed by atoms with Crippen molar-refractivity contribution in [2.75, 3.05) is 46.4 Å². The Hall–Kier alpha value is -4.85. The monoisotopic (exact) mass is 1290 g/mol. The van der Waals surface area contributed by atoms with Gasteiger partial charge in [-0.25, -0.2) is 0 Å². The van der Waals surface area contributed by atoms with Crippen LogP contribution < -0.4 is 59.2 Å². The second kappa shape index (κ2) is 61.3. The van der Waals surface area contributed by atoms with E-state index in [-0.39, 0.29) is 54.5 Å². The second-order valence-electron chi connectivity index (χ2n) is 25.8. The average Bonchev–Trinajstić information content (AvgIpc) is 2.77. The number of nitrogens with one attached hydrogen (secondary N) is 7. The van der Waals surface area contributed by atoms with Crippen LogP contribution in [0.2, 0.25) is 0 Å². The standard InChI is InChI=1S/C39H77N3O3.C33H59N7O6/c1-4-6-8-10-12-14-16-18-20-22-24-26-28-33-37(43)41-35-31-30-32-36(39(45)40-3)42-38(44)34-29-27-25-23-21-19-17-15-13-11-9-7-5-2;1-23(2)38-21-26(41)22-46-27-15-13-25(14-16-27)20-30(42)37-19-9-6-11-28(31(36)43)39-33(45)29(12-5-8-18-35)40-32(44)24(3)10-4-7-17-34/h36H,4-35H2,1-3H3,(H,40,45)(H,41,43)(H,42,44);13-16,23-24,26,28-29,38,41H,4-12,17-22,34-35H2,1-3H3,(H2,36,43)(H,37,42)(H,39,45)(H,40,44)/t36-;24-,26?,28-,29-/m00/s1. The zero-order chi connectivity index (χ0) is 67.4. The molecule has 0 aliphatic rings. The number of benzene rings is 1. The van der Waals surface area contributed by atoms with Gasteiger partial charge in [0, 0.05) is 51.5 Å². The molecule has 14 N–H and O–H groups in total. The minimum atomic E-state index is -0.896. The Kier molecular flexibility index (Phi) is 58.1. The number of ether oxygens (including phenoxy) is 1. The first-order valence-corrected chi connectivity index (χ1v) is 36.5. The van der Waals surface area contributed by atoms with Gasteiger partial charge in [0.1, 0.15) is 36.6 Å². The number of aliphatic hydroxyl groups excluding tert-OH is 1. The van der Waals surface area contributed by atoms with E-state index in [0.717, 1.165) is 56.9 Å². The summed E-state index contributed by atoms with van der Waals surface area (Å²) in [6.45, 7) is 13.0. The number of hydrogen-bond donors (Lipinski definition) is 11. The molecule has 7 amide bonds. The summed E-state index contributed by atoms with van der Waals surface area (Å²) in [6, 6.07) is 5.24. The summed E-state index contributed by atoms with van der Waals surface area (Å²) in [5.41, 5.74) is 17.5. The molecule has 0 saturated heterocycles. The van der Waals surface area contributed by atoms with Crippen molar-refractivity contribution in [3.05, 3.63) is 29.8 Å². The van der Waals surface area contributed by atoms with E-state index < -0.39 is 36.0 Å². The van der Waals surface area contributed by atoms with Crippen LogP contribution >= 0.6 is 0 Å². The molecule has 0 radical (unpaired) electrons. The lowest BCUT2D eigenvalue weighted by atomic mass is 10.0. The predicted molar refractivity (Wildman–Crippen MR) is 373 cm³/mol.